The van der Waals surface area contributed by atoms with Crippen LogP contribution in [0.15, 0.2) is 59.5 Å². The Bertz CT molecular complexity index is 832. The molecule has 0 unspecified atom stereocenters. The van der Waals surface area contributed by atoms with Crippen molar-refractivity contribution >= 4 is 29.3 Å². The van der Waals surface area contributed by atoms with Crippen LogP contribution in [-0.2, 0) is 16.0 Å². The molecule has 0 N–H and O–H groups in total. The Morgan fingerprint density at radius 1 is 0.929 bits per heavy atom. The lowest BCUT2D eigenvalue weighted by Gasteiger charge is -2.36. The third-order valence-corrected chi connectivity index (χ3v) is 6.70. The Balaban J connectivity index is 1.30. The summed E-state index contributed by atoms with van der Waals surface area (Å²) >= 11 is 1.82. The molecule has 4 nitrogen and oxygen atoms in total. The molecule has 1 saturated heterocycles. The van der Waals surface area contributed by atoms with Gasteiger partial charge in [0.25, 0.3) is 0 Å². The second-order valence-electron chi connectivity index (χ2n) is 7.45. The number of piperidine rings is 1. The van der Waals surface area contributed by atoms with Crippen LogP contribution in [0.25, 0.3) is 0 Å². The van der Waals surface area contributed by atoms with Crippen molar-refractivity contribution in [2.75, 3.05) is 30.3 Å². The number of hydrogen-bond acceptors (Lipinski definition) is 3. The van der Waals surface area contributed by atoms with E-state index in [1.54, 1.807) is 0 Å². The van der Waals surface area contributed by atoms with Gasteiger partial charge >= 0.3 is 0 Å². The van der Waals surface area contributed by atoms with Gasteiger partial charge in [-0.05, 0) is 37.0 Å². The lowest BCUT2D eigenvalue weighted by atomic mass is 9.94. The summed E-state index contributed by atoms with van der Waals surface area (Å²) in [6.45, 7) is 2.15. The molecule has 2 aromatic carbocycles. The van der Waals surface area contributed by atoms with Crippen molar-refractivity contribution in [2.24, 2.45) is 5.92 Å². The Kier molecular flexibility index (Phi) is 6.01. The maximum absolute atomic E-state index is 13.1. The van der Waals surface area contributed by atoms with Crippen molar-refractivity contribution in [3.05, 3.63) is 60.2 Å². The monoisotopic (exact) mass is 394 g/mol. The highest BCUT2D eigenvalue weighted by Gasteiger charge is 2.32. The van der Waals surface area contributed by atoms with Crippen molar-refractivity contribution in [3.63, 3.8) is 0 Å². The highest BCUT2D eigenvalue weighted by Crippen LogP contribution is 2.36. The fourth-order valence-corrected chi connectivity index (χ4v) is 5.04. The number of carbonyl (C=O) groups is 2. The zero-order valence-electron chi connectivity index (χ0n) is 16.0. The van der Waals surface area contributed by atoms with Crippen molar-refractivity contribution in [3.8, 4) is 0 Å². The van der Waals surface area contributed by atoms with E-state index in [4.69, 9.17) is 0 Å². The predicted molar refractivity (Wildman–Crippen MR) is 114 cm³/mol. The average molecular weight is 395 g/mol. The van der Waals surface area contributed by atoms with Crippen LogP contribution < -0.4 is 4.90 Å². The van der Waals surface area contributed by atoms with E-state index in [0.717, 1.165) is 37.2 Å². The molecule has 28 heavy (non-hydrogen) atoms. The number of para-hydroxylation sites is 1. The van der Waals surface area contributed by atoms with Crippen molar-refractivity contribution in [1.82, 2.24) is 4.90 Å². The van der Waals surface area contributed by atoms with Gasteiger partial charge in [-0.1, -0.05) is 42.5 Å². The first kappa shape index (κ1) is 19.1. The molecule has 0 aliphatic carbocycles. The van der Waals surface area contributed by atoms with E-state index in [0.29, 0.717) is 19.5 Å². The first-order valence-electron chi connectivity index (χ1n) is 10.1. The number of fused-ring (bicyclic) bond motifs is 1. The Hall–Kier alpha value is -2.27. The van der Waals surface area contributed by atoms with Gasteiger partial charge < -0.3 is 9.80 Å². The molecule has 2 aliphatic heterocycles. The second-order valence-corrected chi connectivity index (χ2v) is 8.58. The molecule has 1 fully saturated rings. The van der Waals surface area contributed by atoms with Crippen LogP contribution in [0.4, 0.5) is 5.69 Å². The van der Waals surface area contributed by atoms with Gasteiger partial charge in [0.05, 0.1) is 5.69 Å². The molecule has 2 heterocycles. The standard InChI is InChI=1S/C23H26N2O2S/c26-22(11-10-18-6-2-1-3-7-18)24-14-12-19(13-15-24)23(27)25-16-17-28-21-9-5-4-8-20(21)25/h1-9,19H,10-17H2. The summed E-state index contributed by atoms with van der Waals surface area (Å²) in [5, 5.41) is 0. The predicted octanol–water partition coefficient (Wildman–Crippen LogP) is 4.00. The number of likely N-dealkylation sites (tertiary alicyclic amines) is 1. The van der Waals surface area contributed by atoms with Gasteiger partial charge in [-0.15, -0.1) is 11.8 Å². The number of benzene rings is 2. The quantitative estimate of drug-likeness (QED) is 0.787. The fraction of sp³-hybridized carbons (Fsp3) is 0.391. The molecule has 0 radical (unpaired) electrons. The van der Waals surface area contributed by atoms with Crippen LogP contribution in [0.5, 0.6) is 0 Å². The van der Waals surface area contributed by atoms with Gasteiger partial charge in [-0.2, -0.15) is 0 Å². The summed E-state index contributed by atoms with van der Waals surface area (Å²) < 4.78 is 0. The van der Waals surface area contributed by atoms with Gasteiger partial charge in [-0.25, -0.2) is 0 Å². The van der Waals surface area contributed by atoms with Gasteiger partial charge in [0.2, 0.25) is 11.8 Å². The Morgan fingerprint density at radius 3 is 2.43 bits per heavy atom. The van der Waals surface area contributed by atoms with Crippen molar-refractivity contribution in [2.45, 2.75) is 30.6 Å². The van der Waals surface area contributed by atoms with Crippen molar-refractivity contribution in [1.29, 1.82) is 0 Å². The van der Waals surface area contributed by atoms with E-state index in [-0.39, 0.29) is 17.7 Å². The molecule has 0 bridgehead atoms. The number of carbonyl (C=O) groups excluding carboxylic acids is 2. The largest absolute Gasteiger partial charge is 0.343 e. The second kappa shape index (κ2) is 8.82. The summed E-state index contributed by atoms with van der Waals surface area (Å²) in [4.78, 5) is 30.7. The van der Waals surface area contributed by atoms with E-state index in [2.05, 4.69) is 18.2 Å². The summed E-state index contributed by atoms with van der Waals surface area (Å²) in [6, 6.07) is 18.3. The third kappa shape index (κ3) is 4.25. The molecule has 2 aromatic rings. The maximum atomic E-state index is 13.1. The summed E-state index contributed by atoms with van der Waals surface area (Å²) in [5.74, 6) is 1.40. The Labute approximate surface area is 170 Å². The van der Waals surface area contributed by atoms with Gasteiger partial charge in [0.1, 0.15) is 0 Å². The highest BCUT2D eigenvalue weighted by atomic mass is 32.2. The normalized spacial score (nSPS) is 17.3. The average Bonchev–Trinajstić information content (AvgIpc) is 2.77. The molecular weight excluding hydrogens is 368 g/mol. The number of rotatable bonds is 4. The number of nitrogens with zero attached hydrogens (tertiary/aromatic N) is 2. The van der Waals surface area contributed by atoms with E-state index in [9.17, 15) is 9.59 Å². The zero-order valence-corrected chi connectivity index (χ0v) is 16.9. The summed E-state index contributed by atoms with van der Waals surface area (Å²) in [7, 11) is 0. The highest BCUT2D eigenvalue weighted by molar-refractivity contribution is 7.99. The molecule has 0 aromatic heterocycles. The topological polar surface area (TPSA) is 40.6 Å². The lowest BCUT2D eigenvalue weighted by molar-refractivity contribution is -0.134. The molecule has 0 saturated carbocycles. The minimum Gasteiger partial charge on any atom is -0.343 e. The van der Waals surface area contributed by atoms with Crippen LogP contribution in [0.3, 0.4) is 0 Å². The van der Waals surface area contributed by atoms with E-state index in [1.165, 1.54) is 10.5 Å². The van der Waals surface area contributed by atoms with Crippen LogP contribution in [0.2, 0.25) is 0 Å². The van der Waals surface area contributed by atoms with E-state index in [1.807, 2.05) is 58.0 Å². The third-order valence-electron chi connectivity index (χ3n) is 5.66. The minimum absolute atomic E-state index is 0.0225. The lowest BCUT2D eigenvalue weighted by Crippen LogP contribution is -2.45. The summed E-state index contributed by atoms with van der Waals surface area (Å²) in [5.41, 5.74) is 2.24. The van der Waals surface area contributed by atoms with Gasteiger partial charge in [-0.3, -0.25) is 9.59 Å². The fourth-order valence-electron chi connectivity index (χ4n) is 4.05. The maximum Gasteiger partial charge on any atom is 0.230 e. The molecular formula is C23H26N2O2S. The van der Waals surface area contributed by atoms with Gasteiger partial charge in [0.15, 0.2) is 0 Å². The first-order chi connectivity index (χ1) is 13.7. The number of anilines is 1. The number of thioether (sulfide) groups is 1. The zero-order chi connectivity index (χ0) is 19.3. The molecule has 2 amide bonds. The minimum atomic E-state index is 0.0225. The molecule has 146 valence electrons. The SMILES string of the molecule is O=C(CCc1ccccc1)N1CCC(C(=O)N2CCSc3ccccc32)CC1. The van der Waals surface area contributed by atoms with Crippen LogP contribution in [0, 0.1) is 5.92 Å². The molecule has 5 heteroatoms. The Morgan fingerprint density at radius 2 is 1.64 bits per heavy atom. The van der Waals surface area contributed by atoms with E-state index >= 15 is 0 Å². The van der Waals surface area contributed by atoms with Crippen LogP contribution >= 0.6 is 11.8 Å². The van der Waals surface area contributed by atoms with Crippen molar-refractivity contribution < 1.29 is 9.59 Å². The number of hydrogen-bond donors (Lipinski definition) is 0. The summed E-state index contributed by atoms with van der Waals surface area (Å²) in [6.07, 6.45) is 2.85. The molecule has 4 rings (SSSR count). The van der Waals surface area contributed by atoms with Gasteiger partial charge in [0, 0.05) is 42.6 Å². The molecule has 0 spiro atoms. The number of aryl methyl sites for hydroxylation is 1. The molecule has 0 atom stereocenters. The van der Waals surface area contributed by atoms with Crippen LogP contribution in [0.1, 0.15) is 24.8 Å². The number of amides is 2. The van der Waals surface area contributed by atoms with Crippen LogP contribution in [-0.4, -0.2) is 42.1 Å². The molecule has 2 aliphatic rings. The smallest absolute Gasteiger partial charge is 0.230 e. The first-order valence-corrected chi connectivity index (χ1v) is 11.1. The van der Waals surface area contributed by atoms with E-state index < -0.39 is 0 Å².